The molecule has 2 aliphatic heterocycles. The number of hydrogen-bond donors (Lipinski definition) is 1. The zero-order valence-corrected chi connectivity index (χ0v) is 18.8. The van der Waals surface area contributed by atoms with E-state index < -0.39 is 0 Å². The van der Waals surface area contributed by atoms with Crippen molar-refractivity contribution in [1.29, 1.82) is 0 Å². The van der Waals surface area contributed by atoms with Gasteiger partial charge in [-0.1, -0.05) is 42.5 Å². The molecule has 2 heterocycles. The predicted molar refractivity (Wildman–Crippen MR) is 118 cm³/mol. The topological polar surface area (TPSA) is 58.6 Å². The molecule has 4 aliphatic rings. The van der Waals surface area contributed by atoms with Gasteiger partial charge in [0.1, 0.15) is 5.76 Å². The molecule has 31 heavy (non-hydrogen) atoms. The summed E-state index contributed by atoms with van der Waals surface area (Å²) in [6.07, 6.45) is 16.2. The van der Waals surface area contributed by atoms with Gasteiger partial charge in [0, 0.05) is 54.2 Å². The van der Waals surface area contributed by atoms with E-state index in [1.54, 1.807) is 7.11 Å². The largest absolute Gasteiger partial charge is 0.497 e. The van der Waals surface area contributed by atoms with Gasteiger partial charge in [-0.25, -0.2) is 0 Å². The molecular weight excluding hydrogens is 435 g/mol. The quantitative estimate of drug-likeness (QED) is 0.742. The average Bonchev–Trinajstić information content (AvgIpc) is 3.41. The first kappa shape index (κ1) is 23.1. The number of fused-ring (bicyclic) bond motifs is 3. The van der Waals surface area contributed by atoms with Crippen molar-refractivity contribution in [1.82, 2.24) is 5.32 Å². The zero-order valence-electron chi connectivity index (χ0n) is 17.8. The number of ether oxygens (including phenoxy) is 1. The minimum absolute atomic E-state index is 0. The van der Waals surface area contributed by atoms with Gasteiger partial charge in [-0.05, 0) is 42.2 Å². The molecule has 0 spiro atoms. The Kier molecular flexibility index (Phi) is 7.23. The van der Waals surface area contributed by atoms with Gasteiger partial charge in [0.25, 0.3) is 0 Å². The van der Waals surface area contributed by atoms with Crippen LogP contribution in [-0.2, 0) is 36.5 Å². The summed E-state index contributed by atoms with van der Waals surface area (Å²) in [6.45, 7) is 2.09. The third-order valence-corrected chi connectivity index (χ3v) is 6.09. The minimum Gasteiger partial charge on any atom is -0.497 e. The van der Waals surface area contributed by atoms with Crippen LogP contribution in [0.1, 0.15) is 31.7 Å². The molecular formula is C25H27CoN2O3. The summed E-state index contributed by atoms with van der Waals surface area (Å²) in [4.78, 5) is 26.0. The predicted octanol–water partition coefficient (Wildman–Crippen LogP) is 3.74. The first-order chi connectivity index (χ1) is 14.6. The second kappa shape index (κ2) is 9.70. The minimum atomic E-state index is -0.357. The maximum Gasteiger partial charge on any atom is 0.227 e. The normalized spacial score (nSPS) is 24.1. The molecule has 2 amide bonds. The Morgan fingerprint density at radius 3 is 2.58 bits per heavy atom. The molecule has 1 saturated heterocycles. The number of amides is 2. The summed E-state index contributed by atoms with van der Waals surface area (Å²) >= 11 is 0. The number of para-hydroxylation sites is 1. The first-order valence-electron chi connectivity index (χ1n) is 10.4. The van der Waals surface area contributed by atoms with Crippen LogP contribution in [0.2, 0.25) is 0 Å². The van der Waals surface area contributed by atoms with Gasteiger partial charge in [0.05, 0.1) is 13.2 Å². The molecule has 2 radical (unpaired) electrons. The summed E-state index contributed by atoms with van der Waals surface area (Å²) in [5.74, 6) is 0.965. The van der Waals surface area contributed by atoms with Crippen molar-refractivity contribution in [2.75, 3.05) is 18.6 Å². The van der Waals surface area contributed by atoms with Gasteiger partial charge in [-0.3, -0.25) is 9.59 Å². The molecule has 5 nitrogen and oxygen atoms in total. The van der Waals surface area contributed by atoms with Crippen molar-refractivity contribution in [3.63, 3.8) is 0 Å². The SMILES string of the molecule is COC1=CC2(CCNC(C)=O)c3ccccc3N3C(=O)CCC(=C1)C32.[CH]1C=CC=C1.[Co]. The van der Waals surface area contributed by atoms with Gasteiger partial charge in [0.2, 0.25) is 11.8 Å². The van der Waals surface area contributed by atoms with Crippen molar-refractivity contribution in [2.24, 2.45) is 0 Å². The van der Waals surface area contributed by atoms with Crippen molar-refractivity contribution >= 4 is 17.5 Å². The van der Waals surface area contributed by atoms with Crippen LogP contribution in [0.15, 0.2) is 72.1 Å². The number of allylic oxidation sites excluding steroid dienone is 5. The standard InChI is InChI=1S/C20H22N2O3.C5H5.Co/c1-13(23)21-10-9-20-12-15(25-2)11-14-7-8-18(24)22(19(14)20)17-6-4-3-5-16(17)20;1-2-4-5-3-1;/h3-6,11-12,19H,7-10H2,1-2H3,(H,21,23);1-5H;. The summed E-state index contributed by atoms with van der Waals surface area (Å²) < 4.78 is 5.58. The number of methoxy groups -OCH3 is 1. The summed E-state index contributed by atoms with van der Waals surface area (Å²) in [6, 6.07) is 8.10. The van der Waals surface area contributed by atoms with Gasteiger partial charge in [0.15, 0.2) is 0 Å². The third kappa shape index (κ3) is 4.27. The van der Waals surface area contributed by atoms with Gasteiger partial charge >= 0.3 is 0 Å². The molecule has 1 N–H and O–H groups in total. The van der Waals surface area contributed by atoms with Crippen molar-refractivity contribution in [2.45, 2.75) is 37.6 Å². The van der Waals surface area contributed by atoms with Crippen molar-refractivity contribution < 1.29 is 31.1 Å². The fraction of sp³-hybridized carbons (Fsp3) is 0.320. The van der Waals surface area contributed by atoms with E-state index in [4.69, 9.17) is 4.74 Å². The van der Waals surface area contributed by atoms with Crippen LogP contribution < -0.4 is 10.2 Å². The number of benzene rings is 1. The molecule has 0 aromatic heterocycles. The van der Waals surface area contributed by atoms with Gasteiger partial charge < -0.3 is 15.0 Å². The van der Waals surface area contributed by atoms with Crippen LogP contribution in [0.25, 0.3) is 0 Å². The maximum absolute atomic E-state index is 12.7. The Hall–Kier alpha value is -2.57. The van der Waals surface area contributed by atoms with Crippen LogP contribution in [0.3, 0.4) is 0 Å². The first-order valence-corrected chi connectivity index (χ1v) is 10.4. The molecule has 5 rings (SSSR count). The molecule has 0 saturated carbocycles. The summed E-state index contributed by atoms with van der Waals surface area (Å²) in [5, 5.41) is 2.91. The molecule has 2 aliphatic carbocycles. The number of hydrogen-bond acceptors (Lipinski definition) is 3. The monoisotopic (exact) mass is 462 g/mol. The van der Waals surface area contributed by atoms with Crippen LogP contribution in [0.5, 0.6) is 0 Å². The second-order valence-corrected chi connectivity index (χ2v) is 7.89. The molecule has 2 atom stereocenters. The van der Waals surface area contributed by atoms with Gasteiger partial charge in [-0.2, -0.15) is 0 Å². The van der Waals surface area contributed by atoms with Crippen LogP contribution >= 0.6 is 0 Å². The van der Waals surface area contributed by atoms with E-state index >= 15 is 0 Å². The Balaban J connectivity index is 0.000000401. The zero-order chi connectivity index (χ0) is 21.1. The maximum atomic E-state index is 12.7. The number of carbonyl (C=O) groups is 2. The van der Waals surface area contributed by atoms with E-state index in [9.17, 15) is 9.59 Å². The Labute approximate surface area is 194 Å². The Bertz CT molecular complexity index is 969. The number of carbonyl (C=O) groups excluding carboxylic acids is 2. The number of nitrogens with one attached hydrogen (secondary N) is 1. The average molecular weight is 462 g/mol. The second-order valence-electron chi connectivity index (χ2n) is 7.89. The fourth-order valence-electron chi connectivity index (χ4n) is 4.89. The molecule has 1 fully saturated rings. The van der Waals surface area contributed by atoms with Crippen LogP contribution in [-0.4, -0.2) is 31.5 Å². The van der Waals surface area contributed by atoms with E-state index in [0.29, 0.717) is 13.0 Å². The number of rotatable bonds is 4. The molecule has 1 aromatic rings. The molecule has 2 unspecified atom stereocenters. The molecule has 6 heteroatoms. The van der Waals surface area contributed by atoms with Gasteiger partial charge in [-0.15, -0.1) is 0 Å². The smallest absolute Gasteiger partial charge is 0.227 e. The summed E-state index contributed by atoms with van der Waals surface area (Å²) in [7, 11) is 1.68. The van der Waals surface area contributed by atoms with Crippen LogP contribution in [0.4, 0.5) is 5.69 Å². The summed E-state index contributed by atoms with van der Waals surface area (Å²) in [5.41, 5.74) is 3.00. The fourth-order valence-corrected chi connectivity index (χ4v) is 4.89. The third-order valence-electron chi connectivity index (χ3n) is 6.09. The van der Waals surface area contributed by atoms with E-state index in [-0.39, 0.29) is 40.0 Å². The Morgan fingerprint density at radius 2 is 1.94 bits per heavy atom. The number of piperidine rings is 1. The van der Waals surface area contributed by atoms with E-state index in [1.165, 1.54) is 12.5 Å². The van der Waals surface area contributed by atoms with E-state index in [0.717, 1.165) is 29.9 Å². The van der Waals surface area contributed by atoms with Crippen LogP contribution in [0, 0.1) is 6.42 Å². The van der Waals surface area contributed by atoms with E-state index in [2.05, 4.69) is 23.5 Å². The molecule has 0 bridgehead atoms. The molecule has 164 valence electrons. The Morgan fingerprint density at radius 1 is 1.19 bits per heavy atom. The van der Waals surface area contributed by atoms with E-state index in [1.807, 2.05) is 53.8 Å². The van der Waals surface area contributed by atoms with Crippen molar-refractivity contribution in [3.05, 3.63) is 84.0 Å². The number of nitrogens with zero attached hydrogens (tertiary/aromatic N) is 1. The van der Waals surface area contributed by atoms with Crippen molar-refractivity contribution in [3.8, 4) is 0 Å². The molecule has 1 aromatic carbocycles. The number of anilines is 1.